The van der Waals surface area contributed by atoms with Gasteiger partial charge < -0.3 is 15.0 Å². The van der Waals surface area contributed by atoms with Gasteiger partial charge in [-0.1, -0.05) is 71.2 Å². The first-order valence-corrected chi connectivity index (χ1v) is 15.7. The molecule has 3 aromatic rings. The van der Waals surface area contributed by atoms with Gasteiger partial charge in [0.2, 0.25) is 21.8 Å². The minimum Gasteiger partial charge on any atom is -0.495 e. The summed E-state index contributed by atoms with van der Waals surface area (Å²) in [5.41, 5.74) is 1.93. The van der Waals surface area contributed by atoms with Gasteiger partial charge in [-0.15, -0.1) is 0 Å². The molecule has 41 heavy (non-hydrogen) atoms. The Morgan fingerprint density at radius 3 is 2.22 bits per heavy atom. The van der Waals surface area contributed by atoms with Crippen LogP contribution in [-0.2, 0) is 32.6 Å². The number of hydrogen-bond acceptors (Lipinski definition) is 5. The molecule has 2 amide bonds. The fourth-order valence-electron chi connectivity index (χ4n) is 4.37. The third kappa shape index (κ3) is 9.00. The third-order valence-corrected chi connectivity index (χ3v) is 8.66. The molecule has 0 radical (unpaired) electrons. The maximum Gasteiger partial charge on any atom is 0.242 e. The van der Waals surface area contributed by atoms with E-state index in [9.17, 15) is 18.0 Å². The second-order valence-corrected chi connectivity index (χ2v) is 12.5. The number of methoxy groups -OCH3 is 1. The molecule has 3 rings (SSSR count). The van der Waals surface area contributed by atoms with Crippen molar-refractivity contribution in [1.29, 1.82) is 0 Å². The van der Waals surface area contributed by atoms with Crippen LogP contribution in [-0.4, -0.2) is 58.1 Å². The molecule has 0 saturated heterocycles. The molecule has 0 bridgehead atoms. The standard InChI is InChI=1S/C29H32Cl3N3O5S/c1-33-29(37)26(17-20-8-5-4-6-9-20)34(19-21-11-13-23(30)24(31)16-21)28(36)10-7-15-35(41(3,38)39)22-12-14-27(40-2)25(32)18-22/h4-6,8-9,11-14,16,18,26H,7,10,15,17,19H2,1-3H3,(H,33,37). The number of halogens is 3. The Morgan fingerprint density at radius 2 is 1.63 bits per heavy atom. The van der Waals surface area contributed by atoms with E-state index in [0.29, 0.717) is 27.0 Å². The summed E-state index contributed by atoms with van der Waals surface area (Å²) in [7, 11) is -0.700. The van der Waals surface area contributed by atoms with E-state index in [1.54, 1.807) is 30.3 Å². The highest BCUT2D eigenvalue weighted by Crippen LogP contribution is 2.30. The maximum absolute atomic E-state index is 13.7. The first-order chi connectivity index (χ1) is 19.4. The molecule has 0 fully saturated rings. The van der Waals surface area contributed by atoms with E-state index >= 15 is 0 Å². The molecule has 220 valence electrons. The molecule has 0 spiro atoms. The topological polar surface area (TPSA) is 96.0 Å². The van der Waals surface area contributed by atoms with Gasteiger partial charge in [0.1, 0.15) is 11.8 Å². The largest absolute Gasteiger partial charge is 0.495 e. The second-order valence-electron chi connectivity index (χ2n) is 9.35. The first kappa shape index (κ1) is 32.5. The number of sulfonamides is 1. The zero-order valence-electron chi connectivity index (χ0n) is 22.9. The minimum absolute atomic E-state index is 0.0144. The Kier molecular flexibility index (Phi) is 11.7. The number of ether oxygens (including phenoxy) is 1. The molecule has 0 aliphatic carbocycles. The summed E-state index contributed by atoms with van der Waals surface area (Å²) >= 11 is 18.5. The van der Waals surface area contributed by atoms with Crippen LogP contribution in [0.4, 0.5) is 5.69 Å². The van der Waals surface area contributed by atoms with Gasteiger partial charge >= 0.3 is 0 Å². The molecule has 3 aromatic carbocycles. The summed E-state index contributed by atoms with van der Waals surface area (Å²) < 4.78 is 31.6. The Balaban J connectivity index is 1.87. The number of carbonyl (C=O) groups is 2. The lowest BCUT2D eigenvalue weighted by Crippen LogP contribution is -2.49. The molecule has 8 nitrogen and oxygen atoms in total. The normalized spacial score (nSPS) is 12.0. The van der Waals surface area contributed by atoms with Crippen molar-refractivity contribution in [3.8, 4) is 5.75 Å². The van der Waals surface area contributed by atoms with Crippen LogP contribution in [0, 0.1) is 0 Å². The van der Waals surface area contributed by atoms with Crippen LogP contribution in [0.3, 0.4) is 0 Å². The molecule has 1 unspecified atom stereocenters. The van der Waals surface area contributed by atoms with E-state index in [0.717, 1.165) is 11.8 Å². The van der Waals surface area contributed by atoms with Gasteiger partial charge in [-0.3, -0.25) is 13.9 Å². The number of anilines is 1. The van der Waals surface area contributed by atoms with Crippen molar-refractivity contribution in [2.75, 3.05) is 31.3 Å². The van der Waals surface area contributed by atoms with E-state index in [2.05, 4.69) is 5.32 Å². The molecule has 0 aliphatic rings. The van der Waals surface area contributed by atoms with Gasteiger partial charge in [-0.25, -0.2) is 8.42 Å². The van der Waals surface area contributed by atoms with Gasteiger partial charge in [0.25, 0.3) is 0 Å². The number of benzene rings is 3. The Hall–Kier alpha value is -2.98. The zero-order chi connectivity index (χ0) is 30.2. The van der Waals surface area contributed by atoms with Gasteiger partial charge in [-0.2, -0.15) is 0 Å². The number of rotatable bonds is 13. The summed E-state index contributed by atoms with van der Waals surface area (Å²) in [5.74, 6) is -0.231. The summed E-state index contributed by atoms with van der Waals surface area (Å²) in [6, 6.07) is 18.3. The van der Waals surface area contributed by atoms with Crippen molar-refractivity contribution in [3.63, 3.8) is 0 Å². The predicted molar refractivity (Wildman–Crippen MR) is 164 cm³/mol. The first-order valence-electron chi connectivity index (χ1n) is 12.7. The molecule has 12 heteroatoms. The molecule has 1 atom stereocenters. The van der Waals surface area contributed by atoms with Gasteiger partial charge in [0.15, 0.2) is 0 Å². The lowest BCUT2D eigenvalue weighted by Gasteiger charge is -2.31. The summed E-state index contributed by atoms with van der Waals surface area (Å²) in [5, 5.41) is 3.63. The third-order valence-electron chi connectivity index (χ3n) is 6.43. The molecule has 0 aromatic heterocycles. The van der Waals surface area contributed by atoms with Crippen molar-refractivity contribution in [3.05, 3.63) is 92.9 Å². The average molecular weight is 641 g/mol. The van der Waals surface area contributed by atoms with E-state index in [-0.39, 0.29) is 49.2 Å². The fraction of sp³-hybridized carbons (Fsp3) is 0.310. The van der Waals surface area contributed by atoms with Crippen LogP contribution < -0.4 is 14.4 Å². The van der Waals surface area contributed by atoms with Crippen LogP contribution in [0.5, 0.6) is 5.75 Å². The molecule has 0 heterocycles. The fourth-order valence-corrected chi connectivity index (χ4v) is 5.90. The van der Waals surface area contributed by atoms with Crippen LogP contribution in [0.15, 0.2) is 66.7 Å². The number of nitrogens with zero attached hydrogens (tertiary/aromatic N) is 2. The zero-order valence-corrected chi connectivity index (χ0v) is 26.0. The van der Waals surface area contributed by atoms with Crippen molar-refractivity contribution >= 4 is 62.3 Å². The Morgan fingerprint density at radius 1 is 0.927 bits per heavy atom. The molecule has 0 saturated carbocycles. The SMILES string of the molecule is CNC(=O)C(Cc1ccccc1)N(Cc1ccc(Cl)c(Cl)c1)C(=O)CCCN(c1ccc(OC)c(Cl)c1)S(C)(=O)=O. The Labute approximate surface area is 256 Å². The highest BCUT2D eigenvalue weighted by molar-refractivity contribution is 7.92. The highest BCUT2D eigenvalue weighted by Gasteiger charge is 2.30. The van der Waals surface area contributed by atoms with Crippen molar-refractivity contribution in [2.45, 2.75) is 31.8 Å². The Bertz CT molecular complexity index is 1470. The van der Waals surface area contributed by atoms with E-state index < -0.39 is 16.1 Å². The van der Waals surface area contributed by atoms with E-state index in [1.165, 1.54) is 29.4 Å². The lowest BCUT2D eigenvalue weighted by molar-refractivity contribution is -0.141. The summed E-state index contributed by atoms with van der Waals surface area (Å²) in [6.45, 7) is 0.127. The smallest absolute Gasteiger partial charge is 0.242 e. The molecular formula is C29H32Cl3N3O5S. The van der Waals surface area contributed by atoms with Gasteiger partial charge in [0.05, 0.1) is 34.1 Å². The highest BCUT2D eigenvalue weighted by atomic mass is 35.5. The predicted octanol–water partition coefficient (Wildman–Crippen LogP) is 5.59. The van der Waals surface area contributed by atoms with Gasteiger partial charge in [-0.05, 0) is 47.9 Å². The summed E-state index contributed by atoms with van der Waals surface area (Å²) in [6.07, 6.45) is 1.55. The maximum atomic E-state index is 13.7. The lowest BCUT2D eigenvalue weighted by atomic mass is 10.0. The van der Waals surface area contributed by atoms with Crippen molar-refractivity contribution in [2.24, 2.45) is 0 Å². The molecular weight excluding hydrogens is 609 g/mol. The monoisotopic (exact) mass is 639 g/mol. The molecule has 0 aliphatic heterocycles. The number of hydrogen-bond donors (Lipinski definition) is 1. The van der Waals surface area contributed by atoms with Crippen LogP contribution in [0.1, 0.15) is 24.0 Å². The summed E-state index contributed by atoms with van der Waals surface area (Å²) in [4.78, 5) is 28.3. The number of likely N-dealkylation sites (N-methyl/N-ethyl adjacent to an activating group) is 1. The van der Waals surface area contributed by atoms with Crippen molar-refractivity contribution in [1.82, 2.24) is 10.2 Å². The van der Waals surface area contributed by atoms with Crippen molar-refractivity contribution < 1.29 is 22.7 Å². The van der Waals surface area contributed by atoms with Crippen LogP contribution in [0.2, 0.25) is 15.1 Å². The number of nitrogens with one attached hydrogen (secondary N) is 1. The number of amides is 2. The van der Waals surface area contributed by atoms with Crippen LogP contribution >= 0.6 is 34.8 Å². The quantitative estimate of drug-likeness (QED) is 0.263. The van der Waals surface area contributed by atoms with E-state index in [4.69, 9.17) is 39.5 Å². The minimum atomic E-state index is -3.69. The van der Waals surface area contributed by atoms with Gasteiger partial charge in [0, 0.05) is 33.0 Å². The van der Waals surface area contributed by atoms with Crippen LogP contribution in [0.25, 0.3) is 0 Å². The average Bonchev–Trinajstić information content (AvgIpc) is 2.94. The second kappa shape index (κ2) is 14.8. The molecule has 1 N–H and O–H groups in total. The van der Waals surface area contributed by atoms with E-state index in [1.807, 2.05) is 30.3 Å². The number of carbonyl (C=O) groups excluding carboxylic acids is 2.